The number of carbonyl (C=O) groups is 1. The molecule has 0 fully saturated rings. The number of halogens is 2. The second kappa shape index (κ2) is 8.58. The number of nitriles is 1. The molecular weight excluding hydrogens is 360 g/mol. The van der Waals surface area contributed by atoms with E-state index in [0.717, 1.165) is 11.8 Å². The number of nitrogens with zero attached hydrogens (tertiary/aromatic N) is 4. The first-order valence-corrected chi connectivity index (χ1v) is 8.60. The van der Waals surface area contributed by atoms with E-state index in [1.54, 1.807) is 24.9 Å². The lowest BCUT2D eigenvalue weighted by atomic mass is 10.0. The molecule has 0 bridgehead atoms. The quantitative estimate of drug-likeness (QED) is 0.592. The molecule has 0 aliphatic heterocycles. The maximum atomic E-state index is 13.3. The van der Waals surface area contributed by atoms with Gasteiger partial charge in [-0.15, -0.1) is 6.58 Å². The van der Waals surface area contributed by atoms with E-state index in [2.05, 4.69) is 22.0 Å². The first-order chi connectivity index (χ1) is 12.4. The highest BCUT2D eigenvalue weighted by molar-refractivity contribution is 8.00. The van der Waals surface area contributed by atoms with Crippen LogP contribution in [-0.2, 0) is 11.8 Å². The number of amides is 1. The monoisotopic (exact) mass is 377 g/mol. The van der Waals surface area contributed by atoms with Crippen molar-refractivity contribution in [3.8, 4) is 17.2 Å². The molecule has 0 aliphatic carbocycles. The molecule has 0 aromatic carbocycles. The van der Waals surface area contributed by atoms with Gasteiger partial charge in [-0.2, -0.15) is 10.4 Å². The van der Waals surface area contributed by atoms with Gasteiger partial charge in [-0.25, -0.2) is 13.8 Å². The van der Waals surface area contributed by atoms with E-state index in [9.17, 15) is 18.8 Å². The molecule has 2 heterocycles. The number of thioether (sulfide) groups is 1. The Hall–Kier alpha value is -2.73. The minimum atomic E-state index is -2.80. The molecule has 2 rings (SSSR count). The summed E-state index contributed by atoms with van der Waals surface area (Å²) in [6.45, 7) is 5.53. The van der Waals surface area contributed by atoms with Gasteiger partial charge in [-0.05, 0) is 13.0 Å². The zero-order chi connectivity index (χ0) is 19.3. The smallest absolute Gasteiger partial charge is 0.280 e. The van der Waals surface area contributed by atoms with E-state index in [-0.39, 0.29) is 22.2 Å². The highest BCUT2D eigenvalue weighted by Crippen LogP contribution is 2.34. The minimum absolute atomic E-state index is 0.0479. The number of rotatable bonds is 7. The fourth-order valence-corrected chi connectivity index (χ4v) is 3.15. The first-order valence-electron chi connectivity index (χ1n) is 7.61. The van der Waals surface area contributed by atoms with E-state index in [1.807, 2.05) is 6.07 Å². The fourth-order valence-electron chi connectivity index (χ4n) is 2.31. The van der Waals surface area contributed by atoms with Crippen LogP contribution in [0.25, 0.3) is 11.1 Å². The van der Waals surface area contributed by atoms with Gasteiger partial charge in [-0.3, -0.25) is 9.48 Å². The molecule has 0 aliphatic rings. The van der Waals surface area contributed by atoms with Crippen molar-refractivity contribution in [2.24, 2.45) is 7.05 Å². The molecule has 6 nitrogen and oxygen atoms in total. The number of pyridine rings is 1. The second-order valence-corrected chi connectivity index (χ2v) is 6.33. The standard InChI is InChI=1S/C17H17F2N5OS/c1-4-5-21-15(25)9-26-17-12(7-20)11(6-14(22-17)16(18)19)13-8-24(3)23-10(13)2/h4,6,8,16H,1,5,9H2,2-3H3,(H,21,25). The second-order valence-electron chi connectivity index (χ2n) is 5.37. The predicted octanol–water partition coefficient (Wildman–Crippen LogP) is 2.99. The number of aromatic nitrogens is 3. The van der Waals surface area contributed by atoms with Crippen molar-refractivity contribution in [2.45, 2.75) is 18.4 Å². The Morgan fingerprint density at radius 1 is 1.54 bits per heavy atom. The van der Waals surface area contributed by atoms with Crippen molar-refractivity contribution in [1.82, 2.24) is 20.1 Å². The summed E-state index contributed by atoms with van der Waals surface area (Å²) in [7, 11) is 1.71. The first kappa shape index (κ1) is 19.6. The Balaban J connectivity index is 2.47. The van der Waals surface area contributed by atoms with Crippen molar-refractivity contribution in [1.29, 1.82) is 5.26 Å². The highest BCUT2D eigenvalue weighted by Gasteiger charge is 2.21. The molecule has 0 saturated heterocycles. The summed E-state index contributed by atoms with van der Waals surface area (Å²) in [4.78, 5) is 15.6. The number of carbonyl (C=O) groups excluding carboxylic acids is 1. The summed E-state index contributed by atoms with van der Waals surface area (Å²) in [5.74, 6) is -0.352. The molecular formula is C17H17F2N5OS. The van der Waals surface area contributed by atoms with Gasteiger partial charge in [-0.1, -0.05) is 17.8 Å². The van der Waals surface area contributed by atoms with Gasteiger partial charge in [0.2, 0.25) is 5.91 Å². The average Bonchev–Trinajstić information content (AvgIpc) is 2.95. The van der Waals surface area contributed by atoms with Crippen LogP contribution in [0.2, 0.25) is 0 Å². The minimum Gasteiger partial charge on any atom is -0.352 e. The van der Waals surface area contributed by atoms with Crippen molar-refractivity contribution >= 4 is 17.7 Å². The summed E-state index contributed by atoms with van der Waals surface area (Å²) in [6, 6.07) is 3.22. The van der Waals surface area contributed by atoms with Crippen LogP contribution in [0.1, 0.15) is 23.4 Å². The molecule has 0 radical (unpaired) electrons. The lowest BCUT2D eigenvalue weighted by Crippen LogP contribution is -2.25. The van der Waals surface area contributed by atoms with Crippen molar-refractivity contribution in [3.05, 3.63) is 41.9 Å². The number of alkyl halides is 2. The third kappa shape index (κ3) is 4.46. The molecule has 1 amide bonds. The number of nitrogens with one attached hydrogen (secondary N) is 1. The summed E-state index contributed by atoms with van der Waals surface area (Å²) >= 11 is 0.943. The van der Waals surface area contributed by atoms with Crippen LogP contribution in [0.15, 0.2) is 29.9 Å². The van der Waals surface area contributed by atoms with Crippen LogP contribution in [0, 0.1) is 18.3 Å². The highest BCUT2D eigenvalue weighted by atomic mass is 32.2. The number of aryl methyl sites for hydroxylation is 2. The van der Waals surface area contributed by atoms with Gasteiger partial charge in [0.05, 0.1) is 17.0 Å². The topological polar surface area (TPSA) is 83.6 Å². The van der Waals surface area contributed by atoms with Gasteiger partial charge in [0.25, 0.3) is 6.43 Å². The Morgan fingerprint density at radius 3 is 2.81 bits per heavy atom. The van der Waals surface area contributed by atoms with Gasteiger partial charge in [0, 0.05) is 30.9 Å². The molecule has 26 heavy (non-hydrogen) atoms. The molecule has 9 heteroatoms. The van der Waals surface area contributed by atoms with Gasteiger partial charge in [0.1, 0.15) is 16.8 Å². The van der Waals surface area contributed by atoms with Crippen molar-refractivity contribution in [2.75, 3.05) is 12.3 Å². The molecule has 1 N–H and O–H groups in total. The van der Waals surface area contributed by atoms with Crippen LogP contribution >= 0.6 is 11.8 Å². The Bertz CT molecular complexity index is 873. The van der Waals surface area contributed by atoms with Crippen molar-refractivity contribution in [3.63, 3.8) is 0 Å². The van der Waals surface area contributed by atoms with E-state index in [0.29, 0.717) is 23.4 Å². The Labute approximate surface area is 153 Å². The number of hydrogen-bond donors (Lipinski definition) is 1. The predicted molar refractivity (Wildman–Crippen MR) is 94.8 cm³/mol. The summed E-state index contributed by atoms with van der Waals surface area (Å²) < 4.78 is 28.1. The number of hydrogen-bond acceptors (Lipinski definition) is 5. The maximum Gasteiger partial charge on any atom is 0.280 e. The van der Waals surface area contributed by atoms with Crippen LogP contribution in [0.3, 0.4) is 0 Å². The summed E-state index contributed by atoms with van der Waals surface area (Å²) in [5.41, 5.74) is 1.21. The molecule has 2 aromatic rings. The van der Waals surface area contributed by atoms with Crippen LogP contribution in [0.4, 0.5) is 8.78 Å². The molecule has 0 unspecified atom stereocenters. The molecule has 2 aromatic heterocycles. The molecule has 0 saturated carbocycles. The van der Waals surface area contributed by atoms with E-state index >= 15 is 0 Å². The van der Waals surface area contributed by atoms with E-state index in [1.165, 1.54) is 12.1 Å². The summed E-state index contributed by atoms with van der Waals surface area (Å²) in [5, 5.41) is 16.4. The summed E-state index contributed by atoms with van der Waals surface area (Å²) in [6.07, 6.45) is 0.390. The van der Waals surface area contributed by atoms with Crippen molar-refractivity contribution < 1.29 is 13.6 Å². The largest absolute Gasteiger partial charge is 0.352 e. The van der Waals surface area contributed by atoms with E-state index in [4.69, 9.17) is 0 Å². The maximum absolute atomic E-state index is 13.3. The lowest BCUT2D eigenvalue weighted by molar-refractivity contribution is -0.118. The van der Waals surface area contributed by atoms with Gasteiger partial charge in [0.15, 0.2) is 0 Å². The SMILES string of the molecule is C=CCNC(=O)CSc1nc(C(F)F)cc(-c2cn(C)nc2C)c1C#N. The lowest BCUT2D eigenvalue weighted by Gasteiger charge is -2.11. The molecule has 0 atom stereocenters. The van der Waals surface area contributed by atoms with E-state index < -0.39 is 12.1 Å². The third-order valence-corrected chi connectivity index (χ3v) is 4.40. The van der Waals surface area contributed by atoms with Crippen LogP contribution in [0.5, 0.6) is 0 Å². The Morgan fingerprint density at radius 2 is 2.27 bits per heavy atom. The molecule has 0 spiro atoms. The average molecular weight is 377 g/mol. The fraction of sp³-hybridized carbons (Fsp3) is 0.294. The van der Waals surface area contributed by atoms with Crippen LogP contribution < -0.4 is 5.32 Å². The zero-order valence-corrected chi connectivity index (χ0v) is 15.1. The normalized spacial score (nSPS) is 10.6. The van der Waals surface area contributed by atoms with Gasteiger partial charge >= 0.3 is 0 Å². The molecule has 136 valence electrons. The Kier molecular flexibility index (Phi) is 6.46. The zero-order valence-electron chi connectivity index (χ0n) is 14.3. The van der Waals surface area contributed by atoms with Gasteiger partial charge < -0.3 is 5.32 Å². The third-order valence-electron chi connectivity index (χ3n) is 3.43. The van der Waals surface area contributed by atoms with Crippen LogP contribution in [-0.4, -0.2) is 33.0 Å².